The molecule has 0 saturated carbocycles. The normalized spacial score (nSPS) is 18.4. The summed E-state index contributed by atoms with van der Waals surface area (Å²) >= 11 is 0.799. The van der Waals surface area contributed by atoms with E-state index in [1.165, 1.54) is 21.3 Å². The summed E-state index contributed by atoms with van der Waals surface area (Å²) in [6, 6.07) is 3.33. The molecule has 1 aromatic carbocycles. The van der Waals surface area contributed by atoms with Crippen molar-refractivity contribution < 1.29 is 28.6 Å². The molecule has 9 heteroatoms. The zero-order chi connectivity index (χ0) is 21.0. The summed E-state index contributed by atoms with van der Waals surface area (Å²) in [7, 11) is 4.52. The average Bonchev–Trinajstić information content (AvgIpc) is 3.01. The molecule has 1 aromatic rings. The Hall–Kier alpha value is -2.68. The lowest BCUT2D eigenvalue weighted by Gasteiger charge is -2.27. The summed E-state index contributed by atoms with van der Waals surface area (Å²) in [4.78, 5) is 40.6. The number of hydrogen-bond acceptors (Lipinski definition) is 7. The predicted molar refractivity (Wildman–Crippen MR) is 109 cm³/mol. The topological polar surface area (TPSA) is 85.4 Å². The van der Waals surface area contributed by atoms with E-state index in [-0.39, 0.29) is 17.4 Å². The third-order valence-electron chi connectivity index (χ3n) is 4.90. The van der Waals surface area contributed by atoms with Crippen LogP contribution < -0.4 is 14.2 Å². The van der Waals surface area contributed by atoms with E-state index in [0.717, 1.165) is 35.9 Å². The van der Waals surface area contributed by atoms with Crippen LogP contribution in [0.5, 0.6) is 17.2 Å². The second kappa shape index (κ2) is 9.21. The largest absolute Gasteiger partial charge is 0.496 e. The minimum atomic E-state index is -0.495. The van der Waals surface area contributed by atoms with Crippen molar-refractivity contribution in [1.29, 1.82) is 0 Å². The summed E-state index contributed by atoms with van der Waals surface area (Å²) in [5.41, 5.74) is 0.517. The van der Waals surface area contributed by atoms with Gasteiger partial charge in [0.2, 0.25) is 5.91 Å². The maximum Gasteiger partial charge on any atom is 0.294 e. The van der Waals surface area contributed by atoms with Crippen LogP contribution in [0.4, 0.5) is 4.79 Å². The zero-order valence-corrected chi connectivity index (χ0v) is 17.5. The molecule has 2 heterocycles. The number of piperidine rings is 1. The second-order valence-electron chi connectivity index (χ2n) is 6.65. The van der Waals surface area contributed by atoms with E-state index in [1.807, 2.05) is 0 Å². The maximum absolute atomic E-state index is 12.8. The van der Waals surface area contributed by atoms with Crippen LogP contribution in [0.3, 0.4) is 0 Å². The van der Waals surface area contributed by atoms with Gasteiger partial charge in [-0.15, -0.1) is 0 Å². The van der Waals surface area contributed by atoms with E-state index in [2.05, 4.69) is 0 Å². The van der Waals surface area contributed by atoms with Gasteiger partial charge >= 0.3 is 0 Å². The number of thioether (sulfide) groups is 1. The van der Waals surface area contributed by atoms with Crippen LogP contribution >= 0.6 is 11.8 Å². The molecule has 3 amide bonds. The standard InChI is InChI=1S/C20H24N2O6S/c1-26-13-9-15(27-2)14(16(10-13)28-3)11-17-19(24)22(20(25)29-17)12-18(23)21-7-5-4-6-8-21/h9-11H,4-8,12H2,1-3H3/b17-11-. The highest BCUT2D eigenvalue weighted by Crippen LogP contribution is 2.39. The van der Waals surface area contributed by atoms with Gasteiger partial charge in [0, 0.05) is 25.2 Å². The molecule has 0 bridgehead atoms. The SMILES string of the molecule is COc1cc(OC)c(/C=C2\SC(=O)N(CC(=O)N3CCCCC3)C2=O)c(OC)c1. The van der Waals surface area contributed by atoms with Crippen molar-refractivity contribution in [1.82, 2.24) is 9.80 Å². The van der Waals surface area contributed by atoms with Crippen molar-refractivity contribution in [2.45, 2.75) is 19.3 Å². The summed E-state index contributed by atoms with van der Waals surface area (Å²) < 4.78 is 16.0. The van der Waals surface area contributed by atoms with Crippen LogP contribution in [0, 0.1) is 0 Å². The van der Waals surface area contributed by atoms with Crippen LogP contribution in [0.2, 0.25) is 0 Å². The fraction of sp³-hybridized carbons (Fsp3) is 0.450. The molecule has 156 valence electrons. The molecule has 2 aliphatic heterocycles. The molecule has 0 aliphatic carbocycles. The first-order valence-corrected chi connectivity index (χ1v) is 10.1. The lowest BCUT2D eigenvalue weighted by atomic mass is 10.1. The van der Waals surface area contributed by atoms with Crippen molar-refractivity contribution in [3.63, 3.8) is 0 Å². The highest BCUT2D eigenvalue weighted by Gasteiger charge is 2.37. The van der Waals surface area contributed by atoms with Crippen molar-refractivity contribution in [3.05, 3.63) is 22.6 Å². The molecule has 3 rings (SSSR count). The third-order valence-corrected chi connectivity index (χ3v) is 5.81. The Kier molecular flexibility index (Phi) is 6.68. The zero-order valence-electron chi connectivity index (χ0n) is 16.7. The van der Waals surface area contributed by atoms with Gasteiger partial charge in [-0.05, 0) is 37.1 Å². The quantitative estimate of drug-likeness (QED) is 0.654. The van der Waals surface area contributed by atoms with Gasteiger partial charge in [0.1, 0.15) is 23.8 Å². The van der Waals surface area contributed by atoms with Crippen molar-refractivity contribution in [2.75, 3.05) is 41.0 Å². The van der Waals surface area contributed by atoms with Gasteiger partial charge in [-0.25, -0.2) is 0 Å². The van der Waals surface area contributed by atoms with Gasteiger partial charge in [0.05, 0.1) is 31.8 Å². The van der Waals surface area contributed by atoms with Crippen LogP contribution in [0.15, 0.2) is 17.0 Å². The summed E-state index contributed by atoms with van der Waals surface area (Å²) in [5, 5.41) is -0.460. The average molecular weight is 420 g/mol. The van der Waals surface area contributed by atoms with Gasteiger partial charge in [-0.2, -0.15) is 0 Å². The van der Waals surface area contributed by atoms with Gasteiger partial charge in [-0.1, -0.05) is 0 Å². The number of imide groups is 1. The Bertz CT molecular complexity index is 822. The highest BCUT2D eigenvalue weighted by atomic mass is 32.2. The van der Waals surface area contributed by atoms with Crippen LogP contribution in [0.1, 0.15) is 24.8 Å². The number of nitrogens with zero attached hydrogens (tertiary/aromatic N) is 2. The van der Waals surface area contributed by atoms with Crippen molar-refractivity contribution in [2.24, 2.45) is 0 Å². The number of carbonyl (C=O) groups is 3. The minimum absolute atomic E-state index is 0.201. The summed E-state index contributed by atoms with van der Waals surface area (Å²) in [6.45, 7) is 1.11. The van der Waals surface area contributed by atoms with E-state index in [0.29, 0.717) is 35.9 Å². The Morgan fingerprint density at radius 3 is 2.21 bits per heavy atom. The van der Waals surface area contributed by atoms with Crippen LogP contribution in [-0.4, -0.2) is 67.8 Å². The molecule has 8 nitrogen and oxygen atoms in total. The molecule has 2 fully saturated rings. The van der Waals surface area contributed by atoms with Crippen molar-refractivity contribution in [3.8, 4) is 17.2 Å². The minimum Gasteiger partial charge on any atom is -0.496 e. The summed E-state index contributed by atoms with van der Waals surface area (Å²) in [6.07, 6.45) is 4.54. The Morgan fingerprint density at radius 1 is 1.03 bits per heavy atom. The van der Waals surface area contributed by atoms with Gasteiger partial charge in [-0.3, -0.25) is 19.3 Å². The maximum atomic E-state index is 12.8. The lowest BCUT2D eigenvalue weighted by Crippen LogP contribution is -2.44. The molecule has 0 atom stereocenters. The Morgan fingerprint density at radius 2 is 1.66 bits per heavy atom. The molecule has 0 radical (unpaired) electrons. The molecule has 2 saturated heterocycles. The Balaban J connectivity index is 1.83. The number of hydrogen-bond donors (Lipinski definition) is 0. The molecule has 29 heavy (non-hydrogen) atoms. The van der Waals surface area contributed by atoms with Crippen LogP contribution in [0.25, 0.3) is 6.08 Å². The first kappa shape index (κ1) is 21.0. The monoisotopic (exact) mass is 420 g/mol. The number of likely N-dealkylation sites (tertiary alicyclic amines) is 1. The molecular formula is C20H24N2O6S. The fourth-order valence-electron chi connectivity index (χ4n) is 3.32. The summed E-state index contributed by atoms with van der Waals surface area (Å²) in [5.74, 6) is 0.726. The van der Waals surface area contributed by atoms with Crippen molar-refractivity contribution >= 4 is 34.9 Å². The first-order chi connectivity index (χ1) is 14.0. The predicted octanol–water partition coefficient (Wildman–Crippen LogP) is 2.76. The first-order valence-electron chi connectivity index (χ1n) is 9.31. The van der Waals surface area contributed by atoms with Gasteiger partial charge in [0.15, 0.2) is 0 Å². The van der Waals surface area contributed by atoms with E-state index in [9.17, 15) is 14.4 Å². The lowest BCUT2D eigenvalue weighted by molar-refractivity contribution is -0.136. The highest BCUT2D eigenvalue weighted by molar-refractivity contribution is 8.18. The Labute approximate surface area is 173 Å². The third kappa shape index (κ3) is 4.50. The van der Waals surface area contributed by atoms with Gasteiger partial charge < -0.3 is 19.1 Å². The van der Waals surface area contributed by atoms with E-state index in [4.69, 9.17) is 14.2 Å². The molecule has 0 aromatic heterocycles. The molecule has 0 N–H and O–H groups in total. The number of methoxy groups -OCH3 is 3. The molecule has 2 aliphatic rings. The number of carbonyl (C=O) groups excluding carboxylic acids is 3. The number of rotatable bonds is 6. The van der Waals surface area contributed by atoms with Crippen LogP contribution in [-0.2, 0) is 9.59 Å². The second-order valence-corrected chi connectivity index (χ2v) is 7.65. The molecule has 0 unspecified atom stereocenters. The molecular weight excluding hydrogens is 396 g/mol. The molecule has 0 spiro atoms. The van der Waals surface area contributed by atoms with E-state index < -0.39 is 11.1 Å². The smallest absolute Gasteiger partial charge is 0.294 e. The number of ether oxygens (including phenoxy) is 3. The van der Waals surface area contributed by atoms with E-state index in [1.54, 1.807) is 23.1 Å². The number of benzene rings is 1. The van der Waals surface area contributed by atoms with Gasteiger partial charge in [0.25, 0.3) is 11.1 Å². The number of amides is 3. The van der Waals surface area contributed by atoms with E-state index >= 15 is 0 Å². The fourth-order valence-corrected chi connectivity index (χ4v) is 4.14.